The molecular weight excluding hydrogens is 382 g/mol. The Balaban J connectivity index is 2.07. The second-order valence-corrected chi connectivity index (χ2v) is 7.27. The lowest BCUT2D eigenvalue weighted by atomic mass is 10.1. The van der Waals surface area contributed by atoms with E-state index in [1.54, 1.807) is 36.2 Å². The summed E-state index contributed by atoms with van der Waals surface area (Å²) < 4.78 is 4.54. The third-order valence-electron chi connectivity index (χ3n) is 4.31. The standard InChI is InChI=1S/C18H23N5O4S/c1-10-14(16(20)25)28-18(23(10)2)22-17(26)12-6-4-11(5-7-12)15(19)21-9-8-13(24)27-3/h4-7,10,14H,8-9H2,1-3H3,(H2,19,21)(H2,20,25). The van der Waals surface area contributed by atoms with E-state index in [2.05, 4.69) is 14.7 Å². The first-order chi connectivity index (χ1) is 13.2. The number of aliphatic imine (C=N–C) groups is 2. The molecule has 2 rings (SSSR count). The number of methoxy groups -OCH3 is 1. The number of amides is 2. The summed E-state index contributed by atoms with van der Waals surface area (Å²) in [4.78, 5) is 45.0. The number of nitrogens with zero attached hydrogens (tertiary/aromatic N) is 3. The first kappa shape index (κ1) is 21.4. The number of hydrogen-bond acceptors (Lipinski definition) is 6. The SMILES string of the molecule is COC(=O)CCN=C(N)c1ccc(C(=O)N=C2SC(C(N)=O)C(C)N2C)cc1. The Morgan fingerprint density at radius 1 is 1.18 bits per heavy atom. The van der Waals surface area contributed by atoms with Gasteiger partial charge >= 0.3 is 5.97 Å². The molecule has 4 N–H and O–H groups in total. The van der Waals surface area contributed by atoms with Gasteiger partial charge < -0.3 is 21.1 Å². The maximum atomic E-state index is 12.4. The van der Waals surface area contributed by atoms with Gasteiger partial charge in [0, 0.05) is 24.2 Å². The number of nitrogens with two attached hydrogens (primary N) is 2. The average molecular weight is 405 g/mol. The van der Waals surface area contributed by atoms with Gasteiger partial charge in [-0.3, -0.25) is 19.4 Å². The Labute approximate surface area is 167 Å². The topological polar surface area (TPSA) is 140 Å². The molecule has 0 bridgehead atoms. The van der Waals surface area contributed by atoms with E-state index >= 15 is 0 Å². The highest BCUT2D eigenvalue weighted by molar-refractivity contribution is 8.15. The van der Waals surface area contributed by atoms with Crippen LogP contribution in [0.5, 0.6) is 0 Å². The van der Waals surface area contributed by atoms with Crippen LogP contribution in [0.3, 0.4) is 0 Å². The van der Waals surface area contributed by atoms with E-state index in [1.165, 1.54) is 18.9 Å². The largest absolute Gasteiger partial charge is 0.469 e. The first-order valence-electron chi connectivity index (χ1n) is 8.53. The zero-order valence-corrected chi connectivity index (χ0v) is 16.7. The second-order valence-electron chi connectivity index (χ2n) is 6.16. The van der Waals surface area contributed by atoms with E-state index in [1.807, 2.05) is 6.92 Å². The molecule has 0 saturated carbocycles. The summed E-state index contributed by atoms with van der Waals surface area (Å²) in [5.74, 6) is -0.967. The summed E-state index contributed by atoms with van der Waals surface area (Å²) in [7, 11) is 3.08. The average Bonchev–Trinajstić information content (AvgIpc) is 2.96. The van der Waals surface area contributed by atoms with Crippen LogP contribution in [-0.2, 0) is 14.3 Å². The van der Waals surface area contributed by atoms with Gasteiger partial charge in [-0.25, -0.2) is 0 Å². The number of rotatable bonds is 6. The minimum absolute atomic E-state index is 0.140. The molecule has 0 aromatic heterocycles. The van der Waals surface area contributed by atoms with Gasteiger partial charge in [-0.2, -0.15) is 4.99 Å². The van der Waals surface area contributed by atoms with Crippen molar-refractivity contribution >= 4 is 40.5 Å². The van der Waals surface area contributed by atoms with Gasteiger partial charge in [-0.05, 0) is 19.1 Å². The Morgan fingerprint density at radius 3 is 2.32 bits per heavy atom. The Morgan fingerprint density at radius 2 is 1.79 bits per heavy atom. The number of carbonyl (C=O) groups excluding carboxylic acids is 3. The Bertz CT molecular complexity index is 822. The summed E-state index contributed by atoms with van der Waals surface area (Å²) in [6.45, 7) is 2.07. The molecule has 0 aliphatic carbocycles. The van der Waals surface area contributed by atoms with Gasteiger partial charge in [0.1, 0.15) is 11.1 Å². The van der Waals surface area contributed by atoms with Gasteiger partial charge in [-0.1, -0.05) is 23.9 Å². The summed E-state index contributed by atoms with van der Waals surface area (Å²) in [5, 5.41) is 0.00851. The summed E-state index contributed by atoms with van der Waals surface area (Å²) in [6.07, 6.45) is 0.140. The van der Waals surface area contributed by atoms with Crippen LogP contribution in [0.4, 0.5) is 0 Å². The highest BCUT2D eigenvalue weighted by atomic mass is 32.2. The zero-order valence-electron chi connectivity index (χ0n) is 15.9. The lowest BCUT2D eigenvalue weighted by molar-refractivity contribution is -0.140. The molecule has 10 heteroatoms. The minimum Gasteiger partial charge on any atom is -0.469 e. The van der Waals surface area contributed by atoms with E-state index in [0.717, 1.165) is 0 Å². The van der Waals surface area contributed by atoms with Crippen LogP contribution < -0.4 is 11.5 Å². The first-order valence-corrected chi connectivity index (χ1v) is 9.41. The molecular formula is C18H23N5O4S. The fourth-order valence-corrected chi connectivity index (χ4v) is 3.66. The smallest absolute Gasteiger partial charge is 0.307 e. The van der Waals surface area contributed by atoms with Crippen molar-refractivity contribution in [1.29, 1.82) is 0 Å². The van der Waals surface area contributed by atoms with E-state index in [4.69, 9.17) is 11.5 Å². The van der Waals surface area contributed by atoms with Gasteiger partial charge in [0.05, 0.1) is 20.1 Å². The van der Waals surface area contributed by atoms with E-state index in [9.17, 15) is 14.4 Å². The summed E-state index contributed by atoms with van der Waals surface area (Å²) >= 11 is 1.18. The molecule has 28 heavy (non-hydrogen) atoms. The van der Waals surface area contributed by atoms with Gasteiger partial charge in [-0.15, -0.1) is 0 Å². The van der Waals surface area contributed by atoms with Gasteiger partial charge in [0.25, 0.3) is 5.91 Å². The van der Waals surface area contributed by atoms with Crippen molar-refractivity contribution in [1.82, 2.24) is 4.90 Å². The molecule has 1 aromatic carbocycles. The summed E-state index contributed by atoms with van der Waals surface area (Å²) in [6, 6.07) is 6.37. The van der Waals surface area contributed by atoms with Gasteiger partial charge in [0.2, 0.25) is 5.91 Å². The van der Waals surface area contributed by atoms with E-state index in [0.29, 0.717) is 16.3 Å². The molecule has 9 nitrogen and oxygen atoms in total. The number of esters is 1. The second kappa shape index (κ2) is 9.36. The number of ether oxygens (including phenoxy) is 1. The molecule has 1 aromatic rings. The van der Waals surface area contributed by atoms with Crippen LogP contribution in [0.15, 0.2) is 34.3 Å². The molecule has 0 radical (unpaired) electrons. The minimum atomic E-state index is -0.445. The van der Waals surface area contributed by atoms with Crippen molar-refractivity contribution in [2.75, 3.05) is 20.7 Å². The lowest BCUT2D eigenvalue weighted by Crippen LogP contribution is -2.37. The lowest BCUT2D eigenvalue weighted by Gasteiger charge is -2.18. The number of benzene rings is 1. The number of hydrogen-bond donors (Lipinski definition) is 2. The van der Waals surface area contributed by atoms with Crippen molar-refractivity contribution in [3.8, 4) is 0 Å². The molecule has 1 saturated heterocycles. The molecule has 0 spiro atoms. The Hall–Kier alpha value is -2.88. The monoisotopic (exact) mass is 405 g/mol. The molecule has 1 heterocycles. The van der Waals surface area contributed by atoms with Crippen LogP contribution in [0, 0.1) is 0 Å². The van der Waals surface area contributed by atoms with E-state index in [-0.39, 0.29) is 30.8 Å². The Kier molecular flexibility index (Phi) is 7.16. The van der Waals surface area contributed by atoms with Crippen LogP contribution in [0.1, 0.15) is 29.3 Å². The molecule has 150 valence electrons. The molecule has 1 aliphatic heterocycles. The third-order valence-corrected chi connectivity index (χ3v) is 5.78. The summed E-state index contributed by atoms with van der Waals surface area (Å²) in [5.41, 5.74) is 12.3. The van der Waals surface area contributed by atoms with Crippen LogP contribution in [0.2, 0.25) is 0 Å². The maximum absolute atomic E-state index is 12.4. The van der Waals surface area contributed by atoms with Crippen molar-refractivity contribution in [2.24, 2.45) is 21.5 Å². The third kappa shape index (κ3) is 5.10. The molecule has 2 amide bonds. The normalized spacial score (nSPS) is 21.0. The number of primary amides is 1. The highest BCUT2D eigenvalue weighted by Crippen LogP contribution is 2.30. The number of amidine groups is 2. The van der Waals surface area contributed by atoms with Crippen LogP contribution >= 0.6 is 11.8 Å². The maximum Gasteiger partial charge on any atom is 0.307 e. The van der Waals surface area contributed by atoms with E-state index < -0.39 is 17.1 Å². The fourth-order valence-electron chi connectivity index (χ4n) is 2.47. The predicted molar refractivity (Wildman–Crippen MR) is 108 cm³/mol. The molecule has 2 atom stereocenters. The molecule has 1 fully saturated rings. The number of carbonyl (C=O) groups is 3. The van der Waals surface area contributed by atoms with Crippen molar-refractivity contribution in [3.05, 3.63) is 35.4 Å². The highest BCUT2D eigenvalue weighted by Gasteiger charge is 2.37. The molecule has 2 unspecified atom stereocenters. The van der Waals surface area contributed by atoms with Crippen molar-refractivity contribution in [2.45, 2.75) is 24.6 Å². The van der Waals surface area contributed by atoms with Gasteiger partial charge in [0.15, 0.2) is 5.17 Å². The quantitative estimate of drug-likeness (QED) is 0.396. The van der Waals surface area contributed by atoms with Crippen molar-refractivity contribution in [3.63, 3.8) is 0 Å². The predicted octanol–water partition coefficient (Wildman–Crippen LogP) is 0.372. The van der Waals surface area contributed by atoms with Crippen molar-refractivity contribution < 1.29 is 19.1 Å². The number of thioether (sulfide) groups is 1. The van der Waals surface area contributed by atoms with Crippen LogP contribution in [0.25, 0.3) is 0 Å². The molecule has 1 aliphatic rings. The fraction of sp³-hybridized carbons (Fsp3) is 0.389. The zero-order chi connectivity index (χ0) is 20.8. The van der Waals surface area contributed by atoms with Crippen LogP contribution in [-0.4, -0.2) is 65.7 Å².